The molecule has 1 atom stereocenters. The molecular weight excluding hydrogens is 251 g/mol. The summed E-state index contributed by atoms with van der Waals surface area (Å²) in [6, 6.07) is 2.33. The van der Waals surface area contributed by atoms with Crippen molar-refractivity contribution in [2.24, 2.45) is 5.92 Å². The average molecular weight is 266 g/mol. The first kappa shape index (κ1) is 14.3. The molecular formula is C12H15ClF3N. The summed E-state index contributed by atoms with van der Waals surface area (Å²) in [6.07, 6.45) is 2.53. The summed E-state index contributed by atoms with van der Waals surface area (Å²) in [5.41, 5.74) is 0.271. The van der Waals surface area contributed by atoms with E-state index in [1.54, 1.807) is 0 Å². The van der Waals surface area contributed by atoms with Crippen LogP contribution >= 0.6 is 12.4 Å². The van der Waals surface area contributed by atoms with Gasteiger partial charge in [-0.05, 0) is 49.9 Å². The molecule has 5 heteroatoms. The Hall–Kier alpha value is -0.740. The summed E-state index contributed by atoms with van der Waals surface area (Å²) in [7, 11) is 0. The van der Waals surface area contributed by atoms with E-state index in [0.717, 1.165) is 32.0 Å². The molecule has 0 aromatic heterocycles. The molecule has 2 rings (SSSR count). The van der Waals surface area contributed by atoms with E-state index < -0.39 is 17.5 Å². The average Bonchev–Trinajstić information content (AvgIpc) is 2.31. The summed E-state index contributed by atoms with van der Waals surface area (Å²) in [6.45, 7) is 1.80. The molecule has 1 unspecified atom stereocenters. The first-order valence-corrected chi connectivity index (χ1v) is 5.51. The van der Waals surface area contributed by atoms with Crippen LogP contribution in [0.15, 0.2) is 12.1 Å². The number of halogens is 4. The molecule has 1 aromatic rings. The molecule has 1 N–H and O–H groups in total. The molecule has 1 heterocycles. The third-order valence-electron chi connectivity index (χ3n) is 3.02. The second kappa shape index (κ2) is 6.26. The zero-order valence-corrected chi connectivity index (χ0v) is 10.1. The topological polar surface area (TPSA) is 12.0 Å². The minimum atomic E-state index is -1.36. The van der Waals surface area contributed by atoms with E-state index in [-0.39, 0.29) is 18.0 Å². The van der Waals surface area contributed by atoms with E-state index >= 15 is 0 Å². The zero-order chi connectivity index (χ0) is 11.5. The van der Waals surface area contributed by atoms with Crippen molar-refractivity contribution in [1.29, 1.82) is 0 Å². The lowest BCUT2D eigenvalue weighted by molar-refractivity contribution is 0.366. The Labute approximate surface area is 105 Å². The monoisotopic (exact) mass is 265 g/mol. The minimum absolute atomic E-state index is 0. The molecule has 1 saturated heterocycles. The fourth-order valence-electron chi connectivity index (χ4n) is 2.13. The quantitative estimate of drug-likeness (QED) is 0.811. The van der Waals surface area contributed by atoms with Crippen molar-refractivity contribution in [3.8, 4) is 0 Å². The van der Waals surface area contributed by atoms with Gasteiger partial charge in [0.2, 0.25) is 0 Å². The zero-order valence-electron chi connectivity index (χ0n) is 9.31. The molecule has 17 heavy (non-hydrogen) atoms. The molecule has 0 radical (unpaired) electrons. The van der Waals surface area contributed by atoms with Crippen LogP contribution < -0.4 is 5.32 Å². The van der Waals surface area contributed by atoms with Gasteiger partial charge >= 0.3 is 0 Å². The standard InChI is InChI=1S/C12H14F3N.ClH/c13-10-4-3-9(11(14)12(10)15)6-8-2-1-5-16-7-8;/h3-4,8,16H,1-2,5-7H2;1H. The van der Waals surface area contributed by atoms with E-state index in [1.807, 2.05) is 0 Å². The Morgan fingerprint density at radius 1 is 1.18 bits per heavy atom. The van der Waals surface area contributed by atoms with Crippen LogP contribution in [0.4, 0.5) is 13.2 Å². The van der Waals surface area contributed by atoms with Crippen molar-refractivity contribution < 1.29 is 13.2 Å². The van der Waals surface area contributed by atoms with E-state index in [1.165, 1.54) is 6.07 Å². The van der Waals surface area contributed by atoms with Crippen LogP contribution in [0.1, 0.15) is 18.4 Å². The lowest BCUT2D eigenvalue weighted by Crippen LogP contribution is -2.31. The van der Waals surface area contributed by atoms with Gasteiger partial charge in [-0.3, -0.25) is 0 Å². The maximum atomic E-state index is 13.4. The fourth-order valence-corrected chi connectivity index (χ4v) is 2.13. The van der Waals surface area contributed by atoms with Crippen LogP contribution in [-0.4, -0.2) is 13.1 Å². The highest BCUT2D eigenvalue weighted by Crippen LogP contribution is 2.21. The Bertz CT molecular complexity index is 378. The molecule has 0 spiro atoms. The Morgan fingerprint density at radius 2 is 1.94 bits per heavy atom. The van der Waals surface area contributed by atoms with Gasteiger partial charge in [-0.25, -0.2) is 13.2 Å². The molecule has 0 amide bonds. The first-order valence-electron chi connectivity index (χ1n) is 5.51. The van der Waals surface area contributed by atoms with Crippen LogP contribution in [0.25, 0.3) is 0 Å². The first-order chi connectivity index (χ1) is 7.68. The highest BCUT2D eigenvalue weighted by Gasteiger charge is 2.18. The van der Waals surface area contributed by atoms with Gasteiger partial charge in [0.1, 0.15) is 0 Å². The van der Waals surface area contributed by atoms with Crippen molar-refractivity contribution in [1.82, 2.24) is 5.32 Å². The lowest BCUT2D eigenvalue weighted by atomic mass is 9.92. The Kier molecular flexibility index (Phi) is 5.28. The largest absolute Gasteiger partial charge is 0.316 e. The third kappa shape index (κ3) is 3.36. The Balaban J connectivity index is 0.00000144. The Morgan fingerprint density at radius 3 is 2.59 bits per heavy atom. The lowest BCUT2D eigenvalue weighted by Gasteiger charge is -2.22. The van der Waals surface area contributed by atoms with Gasteiger partial charge in [-0.15, -0.1) is 12.4 Å². The van der Waals surface area contributed by atoms with Gasteiger partial charge in [0.05, 0.1) is 0 Å². The second-order valence-corrected chi connectivity index (χ2v) is 4.25. The normalized spacial score (nSPS) is 19.8. The molecule has 1 nitrogen and oxygen atoms in total. The molecule has 1 aliphatic heterocycles. The van der Waals surface area contributed by atoms with Crippen LogP contribution in [0.2, 0.25) is 0 Å². The van der Waals surface area contributed by atoms with Crippen LogP contribution in [0.5, 0.6) is 0 Å². The van der Waals surface area contributed by atoms with E-state index in [0.29, 0.717) is 12.3 Å². The van der Waals surface area contributed by atoms with Crippen molar-refractivity contribution >= 4 is 12.4 Å². The minimum Gasteiger partial charge on any atom is -0.316 e. The van der Waals surface area contributed by atoms with E-state index in [9.17, 15) is 13.2 Å². The highest BCUT2D eigenvalue weighted by atomic mass is 35.5. The third-order valence-corrected chi connectivity index (χ3v) is 3.02. The maximum absolute atomic E-state index is 13.4. The number of nitrogens with one attached hydrogen (secondary N) is 1. The number of hydrogen-bond donors (Lipinski definition) is 1. The van der Waals surface area contributed by atoms with Crippen molar-refractivity contribution in [3.63, 3.8) is 0 Å². The number of benzene rings is 1. The van der Waals surface area contributed by atoms with Crippen molar-refractivity contribution in [3.05, 3.63) is 35.1 Å². The van der Waals surface area contributed by atoms with Crippen LogP contribution in [0.3, 0.4) is 0 Å². The molecule has 1 fully saturated rings. The molecule has 1 aliphatic rings. The molecule has 0 bridgehead atoms. The van der Waals surface area contributed by atoms with Gasteiger partial charge in [0, 0.05) is 0 Å². The second-order valence-electron chi connectivity index (χ2n) is 4.25. The summed E-state index contributed by atoms with van der Waals surface area (Å²) in [4.78, 5) is 0. The van der Waals surface area contributed by atoms with E-state index in [4.69, 9.17) is 0 Å². The van der Waals surface area contributed by atoms with Crippen LogP contribution in [0, 0.1) is 23.4 Å². The summed E-state index contributed by atoms with van der Waals surface area (Å²) < 4.78 is 39.1. The van der Waals surface area contributed by atoms with Gasteiger partial charge in [-0.2, -0.15) is 0 Å². The predicted molar refractivity (Wildman–Crippen MR) is 62.9 cm³/mol. The van der Waals surface area contributed by atoms with Crippen molar-refractivity contribution in [2.75, 3.05) is 13.1 Å². The summed E-state index contributed by atoms with van der Waals surface area (Å²) >= 11 is 0. The summed E-state index contributed by atoms with van der Waals surface area (Å²) in [5, 5.41) is 3.21. The van der Waals surface area contributed by atoms with Gasteiger partial charge in [0.25, 0.3) is 0 Å². The fraction of sp³-hybridized carbons (Fsp3) is 0.500. The predicted octanol–water partition coefficient (Wildman–Crippen LogP) is 3.07. The van der Waals surface area contributed by atoms with Crippen molar-refractivity contribution in [2.45, 2.75) is 19.3 Å². The number of piperidine rings is 1. The van der Waals surface area contributed by atoms with Gasteiger partial charge in [0.15, 0.2) is 17.5 Å². The van der Waals surface area contributed by atoms with Gasteiger partial charge < -0.3 is 5.32 Å². The molecule has 0 saturated carbocycles. The maximum Gasteiger partial charge on any atom is 0.194 e. The highest BCUT2D eigenvalue weighted by molar-refractivity contribution is 5.85. The van der Waals surface area contributed by atoms with Crippen LogP contribution in [-0.2, 0) is 6.42 Å². The number of rotatable bonds is 2. The van der Waals surface area contributed by atoms with Gasteiger partial charge in [-0.1, -0.05) is 6.07 Å². The smallest absolute Gasteiger partial charge is 0.194 e. The number of hydrogen-bond acceptors (Lipinski definition) is 1. The molecule has 96 valence electrons. The summed E-state index contributed by atoms with van der Waals surface area (Å²) in [5.74, 6) is -3.21. The van der Waals surface area contributed by atoms with E-state index in [2.05, 4.69) is 5.32 Å². The molecule has 0 aliphatic carbocycles. The SMILES string of the molecule is Cl.Fc1ccc(CC2CCCNC2)c(F)c1F. The molecule has 1 aromatic carbocycles.